The first-order chi connectivity index (χ1) is 10.0. The number of rotatable bonds is 0. The molecule has 0 unspecified atom stereocenters. The summed E-state index contributed by atoms with van der Waals surface area (Å²) >= 11 is 0.488. The van der Waals surface area contributed by atoms with Gasteiger partial charge in [0, 0.05) is 0 Å². The molecule has 0 spiro atoms. The third-order valence-corrected chi connectivity index (χ3v) is 10.0. The molecular weight excluding hydrogens is 449 g/mol. The number of aromatic hydroxyl groups is 1. The predicted octanol–water partition coefficient (Wildman–Crippen LogP) is 2.78. The summed E-state index contributed by atoms with van der Waals surface area (Å²) in [5.74, 6) is 2.67. The van der Waals surface area contributed by atoms with Gasteiger partial charge in [0.2, 0.25) is 0 Å². The van der Waals surface area contributed by atoms with Crippen LogP contribution in [0.15, 0.2) is 12.1 Å². The maximum absolute atomic E-state index is 10.4. The van der Waals surface area contributed by atoms with Crippen molar-refractivity contribution >= 4 is 3.07 Å². The second-order valence-corrected chi connectivity index (χ2v) is 10.4. The minimum atomic E-state index is -0.0817. The molecule has 0 aromatic heterocycles. The molecular formula is C18H23HgO2. The van der Waals surface area contributed by atoms with Crippen molar-refractivity contribution in [2.45, 2.75) is 57.5 Å². The molecule has 21 heavy (non-hydrogen) atoms. The van der Waals surface area contributed by atoms with E-state index in [0.29, 0.717) is 43.7 Å². The van der Waals surface area contributed by atoms with Crippen molar-refractivity contribution < 1.29 is 36.3 Å². The van der Waals surface area contributed by atoms with Crippen molar-refractivity contribution in [2.24, 2.45) is 17.3 Å². The Morgan fingerprint density at radius 2 is 2.00 bits per heavy atom. The Labute approximate surface area is 142 Å². The van der Waals surface area contributed by atoms with Crippen LogP contribution in [-0.4, -0.2) is 16.3 Å². The normalized spacial score (nSPS) is 41.3. The van der Waals surface area contributed by atoms with Gasteiger partial charge >= 0.3 is 143 Å². The fourth-order valence-corrected chi connectivity index (χ4v) is 7.64. The number of phenols is 1. The van der Waals surface area contributed by atoms with Crippen LogP contribution in [-0.2, 0) is 32.5 Å². The van der Waals surface area contributed by atoms with Crippen LogP contribution in [0.5, 0.6) is 5.75 Å². The molecule has 1 aromatic carbocycles. The number of fused-ring (bicyclic) bond motifs is 5. The monoisotopic (exact) mass is 473 g/mol. The van der Waals surface area contributed by atoms with Gasteiger partial charge in [-0.1, -0.05) is 0 Å². The van der Waals surface area contributed by atoms with E-state index in [1.165, 1.54) is 39.9 Å². The molecule has 5 atom stereocenters. The fraction of sp³-hybridized carbons (Fsp3) is 0.667. The summed E-state index contributed by atoms with van der Waals surface area (Å²) in [7, 11) is 0. The van der Waals surface area contributed by atoms with E-state index in [-0.39, 0.29) is 11.5 Å². The Bertz CT molecular complexity index is 585. The van der Waals surface area contributed by atoms with E-state index >= 15 is 0 Å². The molecule has 0 saturated heterocycles. The summed E-state index contributed by atoms with van der Waals surface area (Å²) in [6, 6.07) is 4.13. The Balaban J connectivity index is 1.74. The first-order valence-electron chi connectivity index (χ1n) is 8.37. The van der Waals surface area contributed by atoms with Crippen molar-refractivity contribution in [3.63, 3.8) is 0 Å². The van der Waals surface area contributed by atoms with Gasteiger partial charge in [-0.25, -0.2) is 0 Å². The second-order valence-electron chi connectivity index (χ2n) is 7.68. The molecule has 109 valence electrons. The van der Waals surface area contributed by atoms with Gasteiger partial charge in [-0.2, -0.15) is 0 Å². The average molecular weight is 472 g/mol. The van der Waals surface area contributed by atoms with Crippen molar-refractivity contribution in [3.05, 3.63) is 23.3 Å². The van der Waals surface area contributed by atoms with Crippen LogP contribution in [0.25, 0.3) is 0 Å². The molecule has 0 heterocycles. The molecule has 0 radical (unpaired) electrons. The van der Waals surface area contributed by atoms with Crippen molar-refractivity contribution in [3.8, 4) is 5.75 Å². The van der Waals surface area contributed by atoms with Gasteiger partial charge in [-0.05, 0) is 0 Å². The zero-order valence-electron chi connectivity index (χ0n) is 12.8. The summed E-state index contributed by atoms with van der Waals surface area (Å²) in [6.07, 6.45) is 6.93. The topological polar surface area (TPSA) is 40.5 Å². The SMILES string of the molecule is C[C@]12CC[C@@H]3c4ccc(O)[c]([Hg])c4CC[C@H]3[C@@H]1CC[C@@H]2O. The van der Waals surface area contributed by atoms with Crippen LogP contribution in [0.4, 0.5) is 0 Å². The van der Waals surface area contributed by atoms with Crippen molar-refractivity contribution in [1.82, 2.24) is 0 Å². The Kier molecular flexibility index (Phi) is 3.42. The summed E-state index contributed by atoms with van der Waals surface area (Å²) in [5, 5.41) is 20.4. The fourth-order valence-electron chi connectivity index (χ4n) is 5.70. The van der Waals surface area contributed by atoms with Gasteiger partial charge < -0.3 is 0 Å². The molecule has 1 aromatic rings. The standard InChI is InChI=1S/C18H23O2.Hg/c1-18-9-8-14-13-5-3-12(19)10-11(13)2-4-15(14)16(18)6-7-17(18)20;/h3,5,14-17,19-20H,2,4,6-9H2,1H3;/t14-,15-,16+,17+,18+;/m1./s1. The number of hydrogen-bond donors (Lipinski definition) is 2. The van der Waals surface area contributed by atoms with Gasteiger partial charge in [0.05, 0.1) is 0 Å². The molecule has 2 saturated carbocycles. The second kappa shape index (κ2) is 4.96. The number of aliphatic hydroxyl groups excluding tert-OH is 1. The predicted molar refractivity (Wildman–Crippen MR) is 78.4 cm³/mol. The van der Waals surface area contributed by atoms with E-state index in [1.54, 1.807) is 0 Å². The van der Waals surface area contributed by atoms with E-state index in [0.717, 1.165) is 18.8 Å². The number of aliphatic hydroxyl groups is 1. The Morgan fingerprint density at radius 3 is 2.81 bits per heavy atom. The van der Waals surface area contributed by atoms with E-state index < -0.39 is 0 Å². The van der Waals surface area contributed by atoms with Gasteiger partial charge in [-0.15, -0.1) is 0 Å². The number of phenolic OH excluding ortho intramolecular Hbond substituents is 1. The zero-order valence-corrected chi connectivity index (χ0v) is 18.3. The third kappa shape index (κ3) is 1.97. The molecule has 4 rings (SSSR count). The zero-order chi connectivity index (χ0) is 14.8. The Morgan fingerprint density at radius 1 is 1.19 bits per heavy atom. The number of benzene rings is 1. The first-order valence-corrected chi connectivity index (χ1v) is 11.1. The molecule has 3 aliphatic rings. The van der Waals surface area contributed by atoms with E-state index in [1.807, 2.05) is 6.07 Å². The molecule has 2 nitrogen and oxygen atoms in total. The van der Waals surface area contributed by atoms with Gasteiger partial charge in [0.15, 0.2) is 0 Å². The van der Waals surface area contributed by atoms with E-state index in [4.69, 9.17) is 0 Å². The molecule has 3 aliphatic carbocycles. The van der Waals surface area contributed by atoms with Gasteiger partial charge in [-0.3, -0.25) is 0 Å². The average Bonchev–Trinajstić information content (AvgIpc) is 2.78. The van der Waals surface area contributed by atoms with Crippen LogP contribution in [0, 0.1) is 17.3 Å². The molecule has 0 aliphatic heterocycles. The van der Waals surface area contributed by atoms with E-state index in [2.05, 4.69) is 13.0 Å². The summed E-state index contributed by atoms with van der Waals surface area (Å²) in [5.41, 5.74) is 3.20. The van der Waals surface area contributed by atoms with Crippen LogP contribution < -0.4 is 3.07 Å². The quantitative estimate of drug-likeness (QED) is 0.571. The van der Waals surface area contributed by atoms with Crippen LogP contribution in [0.3, 0.4) is 0 Å². The van der Waals surface area contributed by atoms with Crippen molar-refractivity contribution in [2.75, 3.05) is 0 Å². The van der Waals surface area contributed by atoms with Crippen LogP contribution in [0.2, 0.25) is 0 Å². The van der Waals surface area contributed by atoms with Crippen LogP contribution >= 0.6 is 0 Å². The van der Waals surface area contributed by atoms with Gasteiger partial charge in [0.1, 0.15) is 0 Å². The third-order valence-electron chi connectivity index (χ3n) is 6.96. The molecule has 3 heteroatoms. The molecule has 2 N–H and O–H groups in total. The summed E-state index contributed by atoms with van der Waals surface area (Å²) in [4.78, 5) is 0. The van der Waals surface area contributed by atoms with E-state index in [9.17, 15) is 10.2 Å². The van der Waals surface area contributed by atoms with Crippen LogP contribution in [0.1, 0.15) is 56.1 Å². The minimum absolute atomic E-state index is 0.0817. The first kappa shape index (κ1) is 14.5. The van der Waals surface area contributed by atoms with Gasteiger partial charge in [0.25, 0.3) is 0 Å². The summed E-state index contributed by atoms with van der Waals surface area (Å²) in [6.45, 7) is 2.33. The molecule has 0 bridgehead atoms. The Hall–Kier alpha value is -0.0849. The summed E-state index contributed by atoms with van der Waals surface area (Å²) < 4.78 is 1.28. The molecule has 0 amide bonds. The van der Waals surface area contributed by atoms with Crippen molar-refractivity contribution in [1.29, 1.82) is 0 Å². The number of hydrogen-bond acceptors (Lipinski definition) is 2. The maximum atomic E-state index is 10.4. The molecule has 2 fully saturated rings.